The zero-order chi connectivity index (χ0) is 20.9. The number of fused-ring (bicyclic) bond motifs is 1. The van der Waals surface area contributed by atoms with Crippen LogP contribution in [0, 0.1) is 11.3 Å². The molecule has 4 rings (SSSR count). The fourth-order valence-electron chi connectivity index (χ4n) is 4.05. The summed E-state index contributed by atoms with van der Waals surface area (Å²) < 4.78 is 5.94. The second-order valence-electron chi connectivity index (χ2n) is 7.95. The van der Waals surface area contributed by atoms with E-state index in [1.807, 2.05) is 17.7 Å². The summed E-state index contributed by atoms with van der Waals surface area (Å²) in [6, 6.07) is 7.12. The summed E-state index contributed by atoms with van der Waals surface area (Å²) in [4.78, 5) is 21.0. The molecule has 0 aliphatic carbocycles. The predicted molar refractivity (Wildman–Crippen MR) is 117 cm³/mol. The maximum atomic E-state index is 12.2. The number of aromatic nitrogens is 1. The van der Waals surface area contributed by atoms with Gasteiger partial charge in [0.1, 0.15) is 5.52 Å². The lowest BCUT2D eigenvalue weighted by molar-refractivity contribution is -0.129. The smallest absolute Gasteiger partial charge is 0.244 e. The van der Waals surface area contributed by atoms with Crippen molar-refractivity contribution in [2.24, 2.45) is 5.73 Å². The number of hydrogen-bond donors (Lipinski definition) is 1. The van der Waals surface area contributed by atoms with Gasteiger partial charge in [-0.3, -0.25) is 4.79 Å². The molecule has 3 heterocycles. The Labute approximate surface area is 180 Å². The van der Waals surface area contributed by atoms with E-state index in [-0.39, 0.29) is 5.91 Å². The molecule has 7 nitrogen and oxygen atoms in total. The minimum Gasteiger partial charge on any atom is -0.440 e. The van der Waals surface area contributed by atoms with Crippen molar-refractivity contribution in [3.8, 4) is 6.07 Å². The van der Waals surface area contributed by atoms with Crippen LogP contribution in [0.1, 0.15) is 49.5 Å². The van der Waals surface area contributed by atoms with E-state index in [9.17, 15) is 4.79 Å². The van der Waals surface area contributed by atoms with Gasteiger partial charge in [0.25, 0.3) is 0 Å². The Bertz CT molecular complexity index is 958. The third kappa shape index (κ3) is 4.86. The topological polar surface area (TPSA) is 99.4 Å². The Morgan fingerprint density at radius 3 is 2.93 bits per heavy atom. The number of benzene rings is 1. The van der Waals surface area contributed by atoms with E-state index >= 15 is 0 Å². The number of amides is 1. The molecule has 2 aliphatic rings. The van der Waals surface area contributed by atoms with Crippen LogP contribution in [0.3, 0.4) is 0 Å². The molecule has 0 spiro atoms. The van der Waals surface area contributed by atoms with E-state index in [1.54, 1.807) is 28.8 Å². The van der Waals surface area contributed by atoms with Crippen LogP contribution < -0.4 is 5.73 Å². The van der Waals surface area contributed by atoms with Crippen LogP contribution in [0.2, 0.25) is 0 Å². The van der Waals surface area contributed by atoms with Gasteiger partial charge in [0.2, 0.25) is 5.91 Å². The standard InChI is InChI=1S/C22H27N5O2S/c23-14-16-4-5-20-19(13-16)25-21(29-20)17-6-9-26(10-7-17)8-2-1-3-18(24)22(28)27-11-12-30-15-27/h4-5,11-13,17-18H,1-3,6-10,15,24H2/t18-/m0/s1. The lowest BCUT2D eigenvalue weighted by atomic mass is 9.96. The summed E-state index contributed by atoms with van der Waals surface area (Å²) in [6.07, 6.45) is 6.61. The van der Waals surface area contributed by atoms with E-state index in [2.05, 4.69) is 16.0 Å². The Morgan fingerprint density at radius 1 is 1.37 bits per heavy atom. The Morgan fingerprint density at radius 2 is 2.20 bits per heavy atom. The molecule has 2 aliphatic heterocycles. The van der Waals surface area contributed by atoms with Crippen molar-refractivity contribution < 1.29 is 9.21 Å². The van der Waals surface area contributed by atoms with Gasteiger partial charge in [-0.1, -0.05) is 6.42 Å². The minimum atomic E-state index is -0.403. The highest BCUT2D eigenvalue weighted by Gasteiger charge is 2.25. The first-order valence-corrected chi connectivity index (χ1v) is 11.6. The number of rotatable bonds is 7. The Kier molecular flexibility index (Phi) is 6.72. The van der Waals surface area contributed by atoms with Gasteiger partial charge in [0.15, 0.2) is 11.5 Å². The van der Waals surface area contributed by atoms with Crippen LogP contribution >= 0.6 is 11.8 Å². The van der Waals surface area contributed by atoms with Crippen LogP contribution in [-0.4, -0.2) is 52.2 Å². The zero-order valence-corrected chi connectivity index (χ0v) is 17.8. The number of nitrogens with zero attached hydrogens (tertiary/aromatic N) is 4. The van der Waals surface area contributed by atoms with Gasteiger partial charge in [-0.15, -0.1) is 11.8 Å². The molecule has 0 radical (unpaired) electrons. The summed E-state index contributed by atoms with van der Waals surface area (Å²) in [5, 5.41) is 11.0. The van der Waals surface area contributed by atoms with Crippen molar-refractivity contribution in [2.45, 2.75) is 44.1 Å². The van der Waals surface area contributed by atoms with E-state index < -0.39 is 6.04 Å². The van der Waals surface area contributed by atoms with Crippen LogP contribution in [0.25, 0.3) is 11.1 Å². The molecule has 158 valence electrons. The van der Waals surface area contributed by atoms with E-state index in [1.165, 1.54) is 0 Å². The van der Waals surface area contributed by atoms with Crippen LogP contribution in [-0.2, 0) is 4.79 Å². The summed E-state index contributed by atoms with van der Waals surface area (Å²) in [6.45, 7) is 3.08. The summed E-state index contributed by atoms with van der Waals surface area (Å²) in [5.41, 5.74) is 8.19. The van der Waals surface area contributed by atoms with Gasteiger partial charge in [-0.25, -0.2) is 4.98 Å². The zero-order valence-electron chi connectivity index (χ0n) is 17.0. The first kappa shape index (κ1) is 20.9. The highest BCUT2D eigenvalue weighted by molar-refractivity contribution is 8.02. The number of likely N-dealkylation sites (tertiary alicyclic amines) is 1. The molecule has 30 heavy (non-hydrogen) atoms. The maximum absolute atomic E-state index is 12.2. The fourth-order valence-corrected chi connectivity index (χ4v) is 4.74. The molecule has 1 aromatic carbocycles. The quantitative estimate of drug-likeness (QED) is 0.679. The van der Waals surface area contributed by atoms with Gasteiger partial charge >= 0.3 is 0 Å². The number of piperidine rings is 1. The minimum absolute atomic E-state index is 0.0253. The lowest BCUT2D eigenvalue weighted by Crippen LogP contribution is -2.40. The number of unbranched alkanes of at least 4 members (excludes halogenated alkanes) is 1. The summed E-state index contributed by atoms with van der Waals surface area (Å²) in [5.74, 6) is 1.83. The van der Waals surface area contributed by atoms with Crippen molar-refractivity contribution in [1.82, 2.24) is 14.8 Å². The highest BCUT2D eigenvalue weighted by Crippen LogP contribution is 2.30. The lowest BCUT2D eigenvalue weighted by Gasteiger charge is -2.30. The molecule has 1 aromatic heterocycles. The van der Waals surface area contributed by atoms with Gasteiger partial charge in [0.05, 0.1) is 23.6 Å². The van der Waals surface area contributed by atoms with Crippen molar-refractivity contribution in [3.05, 3.63) is 41.3 Å². The molecule has 2 aromatic rings. The van der Waals surface area contributed by atoms with Crippen LogP contribution in [0.5, 0.6) is 0 Å². The number of carbonyl (C=O) groups excluding carboxylic acids is 1. The number of carbonyl (C=O) groups is 1. The molecule has 1 amide bonds. The van der Waals surface area contributed by atoms with Crippen LogP contribution in [0.4, 0.5) is 0 Å². The number of hydrogen-bond acceptors (Lipinski definition) is 7. The number of thioether (sulfide) groups is 1. The predicted octanol–water partition coefficient (Wildman–Crippen LogP) is 3.38. The average molecular weight is 426 g/mol. The maximum Gasteiger partial charge on any atom is 0.244 e. The van der Waals surface area contributed by atoms with E-state index in [0.717, 1.165) is 68.7 Å². The molecule has 1 saturated heterocycles. The normalized spacial score (nSPS) is 18.7. The van der Waals surface area contributed by atoms with Crippen molar-refractivity contribution in [1.29, 1.82) is 5.26 Å². The third-order valence-electron chi connectivity index (χ3n) is 5.86. The second kappa shape index (κ2) is 9.65. The number of nitrogens with two attached hydrogens (primary N) is 1. The molecular formula is C22H27N5O2S. The molecule has 0 bridgehead atoms. The summed E-state index contributed by atoms with van der Waals surface area (Å²) in [7, 11) is 0. The van der Waals surface area contributed by atoms with Gasteiger partial charge in [-0.05, 0) is 68.9 Å². The first-order chi connectivity index (χ1) is 14.6. The van der Waals surface area contributed by atoms with E-state index in [4.69, 9.17) is 15.4 Å². The third-order valence-corrected chi connectivity index (χ3v) is 6.60. The Balaban J connectivity index is 1.18. The molecular weight excluding hydrogens is 398 g/mol. The van der Waals surface area contributed by atoms with Crippen LogP contribution in [0.15, 0.2) is 34.2 Å². The number of oxazole rings is 1. The second-order valence-corrected chi connectivity index (χ2v) is 8.82. The van der Waals surface area contributed by atoms with Crippen molar-refractivity contribution in [2.75, 3.05) is 25.5 Å². The summed E-state index contributed by atoms with van der Waals surface area (Å²) >= 11 is 1.61. The SMILES string of the molecule is N#Cc1ccc2oc(C3CCN(CCCC[C@H](N)C(=O)N4C=CSC4)CC3)nc2c1. The molecule has 8 heteroatoms. The van der Waals surface area contributed by atoms with Gasteiger partial charge in [0, 0.05) is 12.1 Å². The fraction of sp³-hybridized carbons (Fsp3) is 0.500. The average Bonchev–Trinajstić information content (AvgIpc) is 3.46. The molecule has 0 unspecified atom stereocenters. The van der Waals surface area contributed by atoms with Gasteiger partial charge < -0.3 is 20.0 Å². The molecule has 1 fully saturated rings. The molecule has 0 saturated carbocycles. The van der Waals surface area contributed by atoms with E-state index in [0.29, 0.717) is 17.4 Å². The molecule has 2 N–H and O–H groups in total. The highest BCUT2D eigenvalue weighted by atomic mass is 32.2. The number of nitriles is 1. The first-order valence-electron chi connectivity index (χ1n) is 10.5. The van der Waals surface area contributed by atoms with Crippen molar-refractivity contribution >= 4 is 28.8 Å². The Hall–Kier alpha value is -2.34. The van der Waals surface area contributed by atoms with Gasteiger partial charge in [-0.2, -0.15) is 5.26 Å². The monoisotopic (exact) mass is 425 g/mol. The largest absolute Gasteiger partial charge is 0.440 e. The van der Waals surface area contributed by atoms with Crippen molar-refractivity contribution in [3.63, 3.8) is 0 Å². The molecule has 1 atom stereocenters.